The number of hydrogen-bond donors (Lipinski definition) is 1. The molecule has 1 spiro atoms. The molecule has 1 aromatic carbocycles. The minimum atomic E-state index is -0.804. The van der Waals surface area contributed by atoms with Gasteiger partial charge in [-0.05, 0) is 106 Å². The number of hydroxylamine groups is 2. The quantitative estimate of drug-likeness (QED) is 0.223. The van der Waals surface area contributed by atoms with Crippen LogP contribution in [0.15, 0.2) is 12.1 Å². The minimum absolute atomic E-state index is 0.0246. The standard InChI is InChI=1S/C38H54N2O8/c1-35(2,3)36(4,44)17-18-37-16-15-27(45-5)34-38(37)19-20-39(23-24-9-10-24)28(37)22-25-11-12-26(33(47-34)32(25)38)46-21-7-6-8-31(43)48-40-29(41)13-14-30(40)42/h11-12,24,27-28,34,44H,6-10,13-23H2,1-5H3/t27?,28-,34+,36+,37-,38+/m1/s1. The van der Waals surface area contributed by atoms with Crippen molar-refractivity contribution >= 4 is 17.8 Å². The monoisotopic (exact) mass is 666 g/mol. The van der Waals surface area contributed by atoms with Crippen molar-refractivity contribution < 1.29 is 38.5 Å². The van der Waals surface area contributed by atoms with Crippen LogP contribution in [-0.2, 0) is 35.8 Å². The normalized spacial score (nSPS) is 32.1. The average molecular weight is 667 g/mol. The summed E-state index contributed by atoms with van der Waals surface area (Å²) in [6.07, 6.45) is 9.51. The average Bonchev–Trinajstić information content (AvgIpc) is 3.71. The fourth-order valence-electron chi connectivity index (χ4n) is 9.71. The number of rotatable bonds is 13. The maximum absolute atomic E-state index is 12.3. The Balaban J connectivity index is 1.14. The van der Waals surface area contributed by atoms with Gasteiger partial charge in [0, 0.05) is 49.9 Å². The first-order valence-electron chi connectivity index (χ1n) is 18.3. The molecule has 10 nitrogen and oxygen atoms in total. The molecule has 2 amide bonds. The third-order valence-electron chi connectivity index (χ3n) is 13.2. The van der Waals surface area contributed by atoms with E-state index in [1.807, 2.05) is 14.0 Å². The number of ether oxygens (including phenoxy) is 3. The molecule has 3 aliphatic carbocycles. The molecule has 0 radical (unpaired) electrons. The summed E-state index contributed by atoms with van der Waals surface area (Å²) in [5.74, 6) is 0.861. The summed E-state index contributed by atoms with van der Waals surface area (Å²) in [5, 5.41) is 12.4. The van der Waals surface area contributed by atoms with Crippen LogP contribution in [0.3, 0.4) is 0 Å². The molecule has 6 atom stereocenters. The molecule has 3 heterocycles. The van der Waals surface area contributed by atoms with Crippen molar-refractivity contribution in [3.8, 4) is 11.5 Å². The number of carbonyl (C=O) groups excluding carboxylic acids is 3. The number of carbonyl (C=O) groups is 3. The highest BCUT2D eigenvalue weighted by molar-refractivity contribution is 6.01. The summed E-state index contributed by atoms with van der Waals surface area (Å²) in [6, 6.07) is 4.70. The van der Waals surface area contributed by atoms with E-state index >= 15 is 0 Å². The lowest BCUT2D eigenvalue weighted by Crippen LogP contribution is -2.73. The Labute approximate surface area is 284 Å². The number of unbranched alkanes of at least 4 members (excludes halogenated alkanes) is 1. The van der Waals surface area contributed by atoms with E-state index in [0.717, 1.165) is 62.5 Å². The van der Waals surface area contributed by atoms with Crippen LogP contribution >= 0.6 is 0 Å². The summed E-state index contributed by atoms with van der Waals surface area (Å²) >= 11 is 0. The number of piperidine rings is 1. The molecule has 10 heteroatoms. The second-order valence-electron chi connectivity index (χ2n) is 16.7. The molecule has 1 unspecified atom stereocenters. The highest BCUT2D eigenvalue weighted by Crippen LogP contribution is 2.71. The van der Waals surface area contributed by atoms with Crippen molar-refractivity contribution in [3.63, 3.8) is 0 Å². The molecule has 6 aliphatic rings. The fraction of sp³-hybridized carbons (Fsp3) is 0.763. The van der Waals surface area contributed by atoms with E-state index in [2.05, 4.69) is 37.8 Å². The minimum Gasteiger partial charge on any atom is -0.490 e. The molecule has 4 fully saturated rings. The van der Waals surface area contributed by atoms with E-state index in [0.29, 0.717) is 30.6 Å². The third kappa shape index (κ3) is 5.45. The zero-order valence-electron chi connectivity index (χ0n) is 29.5. The van der Waals surface area contributed by atoms with Crippen molar-refractivity contribution in [2.24, 2.45) is 16.7 Å². The molecular weight excluding hydrogens is 612 g/mol. The van der Waals surface area contributed by atoms with E-state index < -0.39 is 23.4 Å². The Morgan fingerprint density at radius 2 is 1.81 bits per heavy atom. The lowest BCUT2D eigenvalue weighted by Gasteiger charge is -2.67. The molecule has 7 rings (SSSR count). The van der Waals surface area contributed by atoms with E-state index in [-0.39, 0.29) is 47.7 Å². The summed E-state index contributed by atoms with van der Waals surface area (Å²) in [5.41, 5.74) is 1.35. The van der Waals surface area contributed by atoms with Gasteiger partial charge in [0.1, 0.15) is 6.10 Å². The summed E-state index contributed by atoms with van der Waals surface area (Å²) in [7, 11) is 1.81. The first-order valence-corrected chi connectivity index (χ1v) is 18.3. The van der Waals surface area contributed by atoms with E-state index in [9.17, 15) is 19.5 Å². The number of imide groups is 1. The zero-order valence-corrected chi connectivity index (χ0v) is 29.5. The molecule has 3 aliphatic heterocycles. The molecule has 1 N–H and O–H groups in total. The summed E-state index contributed by atoms with van der Waals surface area (Å²) < 4.78 is 19.7. The van der Waals surface area contributed by atoms with Gasteiger partial charge in [0.2, 0.25) is 0 Å². The molecule has 1 aromatic rings. The number of likely N-dealkylation sites (tertiary alicyclic amines) is 1. The number of aliphatic hydroxyl groups is 1. The Hall–Kier alpha value is -2.69. The van der Waals surface area contributed by atoms with Crippen molar-refractivity contribution in [1.82, 2.24) is 9.96 Å². The van der Waals surface area contributed by atoms with Gasteiger partial charge in [-0.15, -0.1) is 5.06 Å². The number of benzene rings is 1. The molecular formula is C38H54N2O8. The van der Waals surface area contributed by atoms with E-state index in [1.54, 1.807) is 0 Å². The number of hydrogen-bond acceptors (Lipinski definition) is 9. The van der Waals surface area contributed by atoms with Crippen LogP contribution in [0.1, 0.15) is 116 Å². The maximum Gasteiger partial charge on any atom is 0.333 e. The molecule has 2 saturated carbocycles. The molecule has 0 aromatic heterocycles. The fourth-order valence-corrected chi connectivity index (χ4v) is 9.71. The lowest BCUT2D eigenvalue weighted by atomic mass is 9.41. The Morgan fingerprint density at radius 3 is 2.50 bits per heavy atom. The van der Waals surface area contributed by atoms with Crippen LogP contribution in [0.4, 0.5) is 0 Å². The van der Waals surface area contributed by atoms with Gasteiger partial charge >= 0.3 is 5.97 Å². The van der Waals surface area contributed by atoms with Gasteiger partial charge in [0.25, 0.3) is 11.8 Å². The highest BCUT2D eigenvalue weighted by atomic mass is 16.7. The van der Waals surface area contributed by atoms with Gasteiger partial charge in [0.05, 0.1) is 18.3 Å². The van der Waals surface area contributed by atoms with Gasteiger partial charge < -0.3 is 24.2 Å². The van der Waals surface area contributed by atoms with E-state index in [1.165, 1.54) is 30.5 Å². The molecule has 264 valence electrons. The Morgan fingerprint density at radius 1 is 1.06 bits per heavy atom. The first kappa shape index (κ1) is 33.8. The maximum atomic E-state index is 12.3. The molecule has 2 bridgehead atoms. The van der Waals surface area contributed by atoms with Crippen molar-refractivity contribution in [2.75, 3.05) is 26.8 Å². The van der Waals surface area contributed by atoms with Crippen molar-refractivity contribution in [2.45, 2.75) is 140 Å². The van der Waals surface area contributed by atoms with Crippen LogP contribution < -0.4 is 9.47 Å². The Kier molecular flexibility index (Phi) is 8.64. The number of amides is 2. The highest BCUT2D eigenvalue weighted by Gasteiger charge is 2.73. The zero-order chi connectivity index (χ0) is 34.1. The van der Waals surface area contributed by atoms with Crippen LogP contribution in [0, 0.1) is 16.7 Å². The lowest BCUT2D eigenvalue weighted by molar-refractivity contribution is -0.197. The van der Waals surface area contributed by atoms with Crippen molar-refractivity contribution in [1.29, 1.82) is 0 Å². The topological polar surface area (TPSA) is 115 Å². The van der Waals surface area contributed by atoms with Crippen molar-refractivity contribution in [3.05, 3.63) is 23.3 Å². The second kappa shape index (κ2) is 12.3. The van der Waals surface area contributed by atoms with E-state index in [4.69, 9.17) is 19.0 Å². The molecule has 2 saturated heterocycles. The molecule has 48 heavy (non-hydrogen) atoms. The largest absolute Gasteiger partial charge is 0.490 e. The van der Waals surface area contributed by atoms with Crippen LogP contribution in [0.25, 0.3) is 0 Å². The van der Waals surface area contributed by atoms with Gasteiger partial charge in [-0.1, -0.05) is 26.8 Å². The SMILES string of the molecule is COC1CC[C@@]2(CC[C@](C)(O)C(C)(C)C)[C@H]3Cc4ccc(OCCCCC(=O)ON5C(=O)CCC5=O)c5c4[C@@]2(CCN3CC2CC2)[C@H]1O5. The van der Waals surface area contributed by atoms with Gasteiger partial charge in [0.15, 0.2) is 11.5 Å². The van der Waals surface area contributed by atoms with Gasteiger partial charge in [-0.2, -0.15) is 0 Å². The summed E-state index contributed by atoms with van der Waals surface area (Å²) in [4.78, 5) is 43.6. The smallest absolute Gasteiger partial charge is 0.333 e. The van der Waals surface area contributed by atoms with Gasteiger partial charge in [-0.3, -0.25) is 14.5 Å². The van der Waals surface area contributed by atoms with Crippen LogP contribution in [0.2, 0.25) is 0 Å². The van der Waals surface area contributed by atoms with Gasteiger partial charge in [-0.25, -0.2) is 4.79 Å². The second-order valence-corrected chi connectivity index (χ2v) is 16.7. The van der Waals surface area contributed by atoms with Crippen LogP contribution in [-0.4, -0.2) is 83.5 Å². The summed E-state index contributed by atoms with van der Waals surface area (Å²) in [6.45, 7) is 11.0. The number of methoxy groups -OCH3 is 1. The Bertz CT molecular complexity index is 1430. The number of nitrogens with zero attached hydrogens (tertiary/aromatic N) is 2. The third-order valence-corrected chi connectivity index (χ3v) is 13.2. The first-order chi connectivity index (χ1) is 22.8. The predicted molar refractivity (Wildman–Crippen MR) is 177 cm³/mol. The van der Waals surface area contributed by atoms with Crippen LogP contribution in [0.5, 0.6) is 11.5 Å². The predicted octanol–water partition coefficient (Wildman–Crippen LogP) is 5.25.